The number of hydrogen-bond donors (Lipinski definition) is 0. The summed E-state index contributed by atoms with van der Waals surface area (Å²) in [6.45, 7) is 30.2. The van der Waals surface area contributed by atoms with Crippen molar-refractivity contribution in [3.8, 4) is 0 Å². The first-order valence-electron chi connectivity index (χ1n) is 1.46. The molecule has 0 aromatic rings. The van der Waals surface area contributed by atoms with Crippen LogP contribution in [0.2, 0.25) is 0 Å². The van der Waals surface area contributed by atoms with E-state index in [1.165, 1.54) is 0 Å². The largest absolute Gasteiger partial charge is 3.00 e. The van der Waals surface area contributed by atoms with Crippen LogP contribution in [0.15, 0.2) is 0 Å². The van der Waals surface area contributed by atoms with Crippen molar-refractivity contribution in [2.24, 2.45) is 0 Å². The van der Waals surface area contributed by atoms with E-state index < -0.39 is 0 Å². The molecule has 10 heteroatoms. The van der Waals surface area contributed by atoms with Gasteiger partial charge in [-0.15, -0.1) is 0 Å². The van der Waals surface area contributed by atoms with Gasteiger partial charge in [0.1, 0.15) is 0 Å². The summed E-state index contributed by atoms with van der Waals surface area (Å²) >= 11 is 0. The first-order chi connectivity index (χ1) is 7.00. The Balaban J connectivity index is -0.00000000408. The average molecular weight is 500 g/mol. The molecule has 0 unspecified atom stereocenters. The summed E-state index contributed by atoms with van der Waals surface area (Å²) < 4.78 is 0. The molecule has 0 bridgehead atoms. The van der Waals surface area contributed by atoms with E-state index in [2.05, 4.69) is 47.5 Å². The van der Waals surface area contributed by atoms with Gasteiger partial charge in [-0.2, -0.15) is 0 Å². The Morgan fingerprint density at radius 1 is 0.412 bits per heavy atom. The van der Waals surface area contributed by atoms with Gasteiger partial charge in [-0.25, -0.2) is 0 Å². The molecule has 7 nitrogen and oxygen atoms in total. The normalized spacial score (nSPS) is 1.65. The molecule has 0 aliphatic heterocycles. The third kappa shape index (κ3) is 14800. The molecule has 0 aliphatic rings. The van der Waals surface area contributed by atoms with Gasteiger partial charge in [-0.05, 0) is 0 Å². The van der Waals surface area contributed by atoms with Crippen molar-refractivity contribution in [1.82, 2.24) is 0 Å². The standard InChI is InChI=1S/CHO.6CO.3Ru/c7*1-2;;;/h1H;;;;;;;;;/q7*-1;2*+2;+3. The van der Waals surface area contributed by atoms with E-state index in [9.17, 15) is 0 Å². The summed E-state index contributed by atoms with van der Waals surface area (Å²) in [7, 11) is 0. The molecule has 0 amide bonds. The molecule has 0 rings (SSSR count). The van der Waals surface area contributed by atoms with Crippen LogP contribution in [0.4, 0.5) is 0 Å². The summed E-state index contributed by atoms with van der Waals surface area (Å²) in [5, 5.41) is 0. The van der Waals surface area contributed by atoms with Gasteiger partial charge in [-0.1, -0.05) is 0 Å². The van der Waals surface area contributed by atoms with Crippen molar-refractivity contribution in [3.63, 3.8) is 0 Å². The van der Waals surface area contributed by atoms with Gasteiger partial charge in [0.2, 0.25) is 0 Å². The number of hydrogen-bond acceptors (Lipinski definition) is 7. The molecule has 0 fully saturated rings. The molecule has 7 radical (unpaired) electrons. The molecule has 0 aromatic carbocycles. The van der Waals surface area contributed by atoms with Crippen molar-refractivity contribution in [3.05, 3.63) is 0 Å². The molecule has 0 spiro atoms. The zero-order chi connectivity index (χ0) is 14.0. The van der Waals surface area contributed by atoms with Gasteiger partial charge >= 0.3 is 58.4 Å². The van der Waals surface area contributed by atoms with Crippen LogP contribution in [0.1, 0.15) is 0 Å². The van der Waals surface area contributed by atoms with E-state index in [0.717, 1.165) is 0 Å². The molecule has 95 valence electrons. The molecule has 0 atom stereocenters. The zero-order valence-corrected chi connectivity index (χ0v) is 12.7. The van der Waals surface area contributed by atoms with Crippen LogP contribution in [0, 0.1) is 0 Å². The third-order valence-corrected chi connectivity index (χ3v) is 0. The minimum Gasteiger partial charge on any atom is -0.573 e. The quantitative estimate of drug-likeness (QED) is 0.202. The Bertz CT molecular complexity index is 45.1. The van der Waals surface area contributed by atoms with Crippen LogP contribution < -0.4 is 0 Å². The number of rotatable bonds is 0. The molecular weight excluding hydrogens is 499 g/mol. The summed E-state index contributed by atoms with van der Waals surface area (Å²) in [5.74, 6) is 0. The predicted octanol–water partition coefficient (Wildman–Crippen LogP) is -2.66. The van der Waals surface area contributed by atoms with Gasteiger partial charge in [-0.3, -0.25) is 6.79 Å². The second-order valence-electron chi connectivity index (χ2n) is 0. The Kier molecular flexibility index (Phi) is 93400. The van der Waals surface area contributed by atoms with E-state index in [1.807, 2.05) is 0 Å². The Labute approximate surface area is 139 Å². The van der Waals surface area contributed by atoms with Crippen molar-refractivity contribution in [1.29, 1.82) is 0 Å². The molecule has 0 saturated carbocycles. The maximum absolute atomic E-state index is 7.75. The Morgan fingerprint density at radius 3 is 0.412 bits per heavy atom. The van der Waals surface area contributed by atoms with Gasteiger partial charge in [0.05, 0.1) is 0 Å². The van der Waals surface area contributed by atoms with Gasteiger partial charge < -0.3 is 74.3 Å². The van der Waals surface area contributed by atoms with Crippen molar-refractivity contribution in [2.45, 2.75) is 0 Å². The summed E-state index contributed by atoms with van der Waals surface area (Å²) in [6, 6.07) is 0. The van der Waals surface area contributed by atoms with E-state index in [0.29, 0.717) is 0 Å². The molecule has 0 saturated heterocycles. The van der Waals surface area contributed by atoms with Crippen molar-refractivity contribution < 1.29 is 92.0 Å². The van der Waals surface area contributed by atoms with E-state index >= 15 is 0 Å². The summed E-state index contributed by atoms with van der Waals surface area (Å²) in [6.07, 6.45) is 0. The second-order valence-corrected chi connectivity index (χ2v) is 0. The van der Waals surface area contributed by atoms with E-state index in [1.54, 1.807) is 0 Å². The first-order valence-corrected chi connectivity index (χ1v) is 1.46. The summed E-state index contributed by atoms with van der Waals surface area (Å²) in [5.41, 5.74) is 0. The molecular formula is C7HO7Ru3. The van der Waals surface area contributed by atoms with Crippen molar-refractivity contribution in [2.75, 3.05) is 0 Å². The van der Waals surface area contributed by atoms with E-state index in [4.69, 9.17) is 33.6 Å². The van der Waals surface area contributed by atoms with Crippen LogP contribution in [-0.2, 0) is 92.0 Å². The molecule has 0 aliphatic carbocycles. The number of carbonyl (C=O) groups excluding carboxylic acids is 7. The van der Waals surface area contributed by atoms with E-state index in [-0.39, 0.29) is 58.4 Å². The smallest absolute Gasteiger partial charge is 0.573 e. The fourth-order valence-corrected chi connectivity index (χ4v) is 0. The van der Waals surface area contributed by atoms with Crippen LogP contribution in [0.5, 0.6) is 0 Å². The minimum atomic E-state index is 0. The average Bonchev–Trinajstić information content (AvgIpc) is 2.45. The SMILES string of the molecule is [C-]=O.[C-]=O.[C-]=O.[C-]=O.[C-]=O.[C-]=O.[CH-]=O.[Ru+2].[Ru+2].[Ru+3]. The Morgan fingerprint density at radius 2 is 0.412 bits per heavy atom. The van der Waals surface area contributed by atoms with Crippen LogP contribution in [-0.4, -0.2) is 47.5 Å². The van der Waals surface area contributed by atoms with Gasteiger partial charge in [0, 0.05) is 0 Å². The van der Waals surface area contributed by atoms with Crippen LogP contribution in [0.3, 0.4) is 0 Å². The minimum absolute atomic E-state index is 0. The summed E-state index contributed by atoms with van der Waals surface area (Å²) in [4.78, 5) is 52.8. The topological polar surface area (TPSA) is 119 Å². The first kappa shape index (κ1) is 93.2. The van der Waals surface area contributed by atoms with Crippen molar-refractivity contribution >= 4 is 47.5 Å². The Hall–Kier alpha value is -0.440. The van der Waals surface area contributed by atoms with Crippen LogP contribution in [0.25, 0.3) is 0 Å². The molecule has 17 heavy (non-hydrogen) atoms. The maximum atomic E-state index is 7.75. The maximum Gasteiger partial charge on any atom is 3.00 e. The van der Waals surface area contributed by atoms with Crippen LogP contribution >= 0.6 is 0 Å². The predicted molar refractivity (Wildman–Crippen MR) is 40.9 cm³/mol. The third-order valence-electron chi connectivity index (χ3n) is 0. The molecule has 0 N–H and O–H groups in total. The monoisotopic (exact) mass is 503 g/mol. The fraction of sp³-hybridized carbons (Fsp3) is 0. The second kappa shape index (κ2) is 17000. The molecule has 0 aromatic heterocycles. The molecule has 0 heterocycles. The fourth-order valence-electron chi connectivity index (χ4n) is 0. The zero-order valence-electron chi connectivity index (χ0n) is 7.50. The van der Waals surface area contributed by atoms with Gasteiger partial charge in [0.15, 0.2) is 0 Å². The van der Waals surface area contributed by atoms with Gasteiger partial charge in [0.25, 0.3) is 0 Å².